The van der Waals surface area contributed by atoms with Gasteiger partial charge in [0.05, 0.1) is 0 Å². The molecule has 0 saturated carbocycles. The number of rotatable bonds is 1. The topological polar surface area (TPSA) is 17.1 Å². The summed E-state index contributed by atoms with van der Waals surface area (Å²) in [6.45, 7) is 0. The predicted molar refractivity (Wildman–Crippen MR) is 89.1 cm³/mol. The largest absolute Gasteiger partial charge is 0.289 e. The lowest BCUT2D eigenvalue weighted by Crippen LogP contribution is -2.19. The van der Waals surface area contributed by atoms with Crippen molar-refractivity contribution in [3.05, 3.63) is 86.7 Å². The third-order valence-corrected chi connectivity index (χ3v) is 4.08. The molecule has 100 valence electrons. The SMILES string of the molecule is O=c1/c(=C/c2cccc(Cl)c2)c2cccc3cccc1c32. The molecular weight excluding hydrogens is 280 g/mol. The summed E-state index contributed by atoms with van der Waals surface area (Å²) >= 11 is 6.02. The minimum atomic E-state index is 0.0850. The maximum Gasteiger partial charge on any atom is 0.194 e. The van der Waals surface area contributed by atoms with Gasteiger partial charge < -0.3 is 0 Å². The second-order valence-electron chi connectivity index (χ2n) is 5.15. The van der Waals surface area contributed by atoms with Gasteiger partial charge in [0, 0.05) is 21.0 Å². The van der Waals surface area contributed by atoms with Crippen LogP contribution < -0.4 is 10.6 Å². The molecule has 2 heteroatoms. The van der Waals surface area contributed by atoms with Crippen molar-refractivity contribution in [2.24, 2.45) is 0 Å². The number of benzene rings is 3. The fraction of sp³-hybridized carbons (Fsp3) is 0. The number of hydrogen-bond donors (Lipinski definition) is 0. The lowest BCUT2D eigenvalue weighted by Gasteiger charge is -1.96. The molecule has 0 heterocycles. The van der Waals surface area contributed by atoms with Crippen LogP contribution in [-0.2, 0) is 0 Å². The molecule has 4 aromatic rings. The summed E-state index contributed by atoms with van der Waals surface area (Å²) in [6, 6.07) is 19.4. The van der Waals surface area contributed by atoms with E-state index in [4.69, 9.17) is 11.6 Å². The van der Waals surface area contributed by atoms with Crippen LogP contribution in [0.2, 0.25) is 5.02 Å². The van der Waals surface area contributed by atoms with Crippen LogP contribution in [0.15, 0.2) is 65.5 Å². The molecule has 0 aliphatic rings. The molecule has 0 N–H and O–H groups in total. The Bertz CT molecular complexity index is 1060. The van der Waals surface area contributed by atoms with Crippen LogP contribution in [0.3, 0.4) is 0 Å². The van der Waals surface area contributed by atoms with Crippen molar-refractivity contribution in [1.29, 1.82) is 0 Å². The lowest BCUT2D eigenvalue weighted by molar-refractivity contribution is 1.61. The van der Waals surface area contributed by atoms with Crippen molar-refractivity contribution in [3.8, 4) is 0 Å². The zero-order chi connectivity index (χ0) is 14.4. The molecule has 4 rings (SSSR count). The zero-order valence-corrected chi connectivity index (χ0v) is 11.9. The van der Waals surface area contributed by atoms with Crippen molar-refractivity contribution >= 4 is 39.2 Å². The third-order valence-electron chi connectivity index (χ3n) is 3.84. The molecule has 0 radical (unpaired) electrons. The first-order chi connectivity index (χ1) is 10.2. The Balaban J connectivity index is 2.17. The number of halogens is 1. The van der Waals surface area contributed by atoms with E-state index in [9.17, 15) is 4.79 Å². The summed E-state index contributed by atoms with van der Waals surface area (Å²) in [5, 5.41) is 5.37. The van der Waals surface area contributed by atoms with Gasteiger partial charge in [-0.2, -0.15) is 0 Å². The molecule has 0 aliphatic heterocycles. The molecule has 0 unspecified atom stereocenters. The lowest BCUT2D eigenvalue weighted by atomic mass is 10.1. The van der Waals surface area contributed by atoms with E-state index < -0.39 is 0 Å². The van der Waals surface area contributed by atoms with Crippen LogP contribution in [0.25, 0.3) is 27.6 Å². The third kappa shape index (κ3) is 1.90. The number of hydrogen-bond acceptors (Lipinski definition) is 1. The van der Waals surface area contributed by atoms with E-state index in [0.29, 0.717) is 5.02 Å². The Hall–Kier alpha value is -2.38. The van der Waals surface area contributed by atoms with Gasteiger partial charge in [0.2, 0.25) is 0 Å². The molecule has 0 spiro atoms. The van der Waals surface area contributed by atoms with Gasteiger partial charge in [-0.3, -0.25) is 4.79 Å². The second kappa shape index (κ2) is 4.57. The minimum absolute atomic E-state index is 0.0850. The van der Waals surface area contributed by atoms with Gasteiger partial charge in [0.1, 0.15) is 0 Å². The zero-order valence-electron chi connectivity index (χ0n) is 11.1. The van der Waals surface area contributed by atoms with E-state index in [1.54, 1.807) is 0 Å². The molecule has 4 aromatic carbocycles. The van der Waals surface area contributed by atoms with Gasteiger partial charge in [0.15, 0.2) is 5.43 Å². The highest BCUT2D eigenvalue weighted by atomic mass is 35.5. The normalized spacial score (nSPS) is 12.5. The first-order valence-corrected chi connectivity index (χ1v) is 7.16. The van der Waals surface area contributed by atoms with Crippen molar-refractivity contribution in [2.45, 2.75) is 0 Å². The van der Waals surface area contributed by atoms with Crippen molar-refractivity contribution in [1.82, 2.24) is 0 Å². The standard InChI is InChI=1S/C19H11ClO/c20-14-7-1-4-12(10-14)11-17-15-8-2-5-13-6-3-9-16(18(13)15)19(17)21/h1-11H/b17-11+. The first-order valence-electron chi connectivity index (χ1n) is 6.78. The van der Waals surface area contributed by atoms with Crippen LogP contribution in [-0.4, -0.2) is 0 Å². The van der Waals surface area contributed by atoms with E-state index in [1.165, 1.54) is 0 Å². The fourth-order valence-electron chi connectivity index (χ4n) is 2.93. The van der Waals surface area contributed by atoms with Crippen LogP contribution >= 0.6 is 11.6 Å². The molecule has 0 aromatic heterocycles. The average molecular weight is 291 g/mol. The Kier molecular flexibility index (Phi) is 2.69. The molecule has 0 saturated heterocycles. The molecule has 0 atom stereocenters. The summed E-state index contributed by atoms with van der Waals surface area (Å²) in [5.41, 5.74) is 1.03. The monoisotopic (exact) mass is 290 g/mol. The van der Waals surface area contributed by atoms with E-state index in [-0.39, 0.29) is 5.43 Å². The van der Waals surface area contributed by atoms with E-state index in [1.807, 2.05) is 66.7 Å². The van der Waals surface area contributed by atoms with E-state index in [0.717, 1.165) is 32.3 Å². The molecule has 0 aliphatic carbocycles. The van der Waals surface area contributed by atoms with Gasteiger partial charge in [-0.1, -0.05) is 60.1 Å². The van der Waals surface area contributed by atoms with Crippen molar-refractivity contribution in [2.75, 3.05) is 0 Å². The molecule has 0 bridgehead atoms. The van der Waals surface area contributed by atoms with Crippen LogP contribution in [0.1, 0.15) is 5.56 Å². The van der Waals surface area contributed by atoms with E-state index in [2.05, 4.69) is 0 Å². The first kappa shape index (κ1) is 12.4. The molecule has 21 heavy (non-hydrogen) atoms. The summed E-state index contributed by atoms with van der Waals surface area (Å²) in [6.07, 6.45) is 1.92. The van der Waals surface area contributed by atoms with Crippen molar-refractivity contribution in [3.63, 3.8) is 0 Å². The molecule has 1 nitrogen and oxygen atoms in total. The Morgan fingerprint density at radius 3 is 2.33 bits per heavy atom. The van der Waals surface area contributed by atoms with Crippen LogP contribution in [0.4, 0.5) is 0 Å². The summed E-state index contributed by atoms with van der Waals surface area (Å²) in [7, 11) is 0. The highest BCUT2D eigenvalue weighted by molar-refractivity contribution is 6.30. The fourth-order valence-corrected chi connectivity index (χ4v) is 3.13. The smallest absolute Gasteiger partial charge is 0.194 e. The highest BCUT2D eigenvalue weighted by Crippen LogP contribution is 2.22. The second-order valence-corrected chi connectivity index (χ2v) is 5.59. The van der Waals surface area contributed by atoms with Gasteiger partial charge in [-0.05, 0) is 34.5 Å². The maximum absolute atomic E-state index is 12.7. The van der Waals surface area contributed by atoms with Crippen LogP contribution in [0, 0.1) is 0 Å². The van der Waals surface area contributed by atoms with Gasteiger partial charge >= 0.3 is 0 Å². The Morgan fingerprint density at radius 1 is 0.857 bits per heavy atom. The van der Waals surface area contributed by atoms with Crippen LogP contribution in [0.5, 0.6) is 0 Å². The average Bonchev–Trinajstić information content (AvgIpc) is 2.76. The molecule has 0 amide bonds. The summed E-state index contributed by atoms with van der Waals surface area (Å²) < 4.78 is 0. The van der Waals surface area contributed by atoms with E-state index >= 15 is 0 Å². The quantitative estimate of drug-likeness (QED) is 0.518. The van der Waals surface area contributed by atoms with Gasteiger partial charge in [-0.25, -0.2) is 0 Å². The maximum atomic E-state index is 12.7. The van der Waals surface area contributed by atoms with Crippen molar-refractivity contribution < 1.29 is 0 Å². The van der Waals surface area contributed by atoms with Gasteiger partial charge in [-0.15, -0.1) is 0 Å². The predicted octanol–water partition coefficient (Wildman–Crippen LogP) is 3.99. The Labute approximate surface area is 126 Å². The summed E-state index contributed by atoms with van der Waals surface area (Å²) in [5.74, 6) is 0. The van der Waals surface area contributed by atoms with Gasteiger partial charge in [0.25, 0.3) is 0 Å². The highest BCUT2D eigenvalue weighted by Gasteiger charge is 2.10. The molecular formula is C19H11ClO. The minimum Gasteiger partial charge on any atom is -0.289 e. The Morgan fingerprint density at radius 2 is 1.57 bits per heavy atom. The molecule has 0 fully saturated rings. The summed E-state index contributed by atoms with van der Waals surface area (Å²) in [4.78, 5) is 12.7.